The Hall–Kier alpha value is -5.65. The maximum atomic E-state index is 14.5. The topological polar surface area (TPSA) is 159 Å². The van der Waals surface area contributed by atoms with Gasteiger partial charge in [0.05, 0.1) is 22.2 Å². The number of halogens is 5. The quantitative estimate of drug-likeness (QED) is 0.154. The first-order chi connectivity index (χ1) is 23.9. The summed E-state index contributed by atoms with van der Waals surface area (Å²) in [6, 6.07) is 17.6. The van der Waals surface area contributed by atoms with Crippen molar-refractivity contribution in [3.63, 3.8) is 0 Å². The number of anilines is 5. The van der Waals surface area contributed by atoms with Crippen LogP contribution < -0.4 is 15.5 Å². The van der Waals surface area contributed by atoms with Crippen LogP contribution in [0, 0.1) is 11.6 Å². The molecule has 3 N–H and O–H groups in total. The van der Waals surface area contributed by atoms with E-state index in [9.17, 15) is 35.2 Å². The van der Waals surface area contributed by atoms with Crippen molar-refractivity contribution >= 4 is 61.8 Å². The Labute approximate surface area is 287 Å². The number of amides is 1. The van der Waals surface area contributed by atoms with E-state index in [0.29, 0.717) is 47.3 Å². The maximum absolute atomic E-state index is 14.5. The highest BCUT2D eigenvalue weighted by molar-refractivity contribution is 7.89. The lowest BCUT2D eigenvalue weighted by atomic mass is 9.94. The van der Waals surface area contributed by atoms with Crippen molar-refractivity contribution in [2.45, 2.75) is 30.2 Å². The number of carboxylic acids is 1. The highest BCUT2D eigenvalue weighted by Crippen LogP contribution is 2.50. The van der Waals surface area contributed by atoms with Crippen LogP contribution in [0.1, 0.15) is 24.0 Å². The molecule has 0 unspecified atom stereocenters. The summed E-state index contributed by atoms with van der Waals surface area (Å²) in [5.74, 6) is -3.25. The predicted octanol–water partition coefficient (Wildman–Crippen LogP) is 6.00. The fourth-order valence-corrected chi connectivity index (χ4v) is 6.02. The maximum Gasteiger partial charge on any atom is 0.490 e. The van der Waals surface area contributed by atoms with Gasteiger partial charge in [0, 0.05) is 43.5 Å². The van der Waals surface area contributed by atoms with Crippen LogP contribution in [0.15, 0.2) is 72.9 Å². The number of carbonyl (C=O) groups is 2. The van der Waals surface area contributed by atoms with E-state index >= 15 is 0 Å². The third kappa shape index (κ3) is 8.57. The lowest BCUT2D eigenvalue weighted by Crippen LogP contribution is -2.30. The average Bonchev–Trinajstić information content (AvgIpc) is 3.80. The standard InChI is InChI=1S/C31H29F2N7O3S.C2HF3O2/c1-39(27-11-14-34-29(37-27)35-21-6-4-5-19(15-21)18-44(3,42)43)22-8-10-26-25(17-22)36-30(40(26)2)38-28(41)31(12-13-31)23-16-20(32)7-9-24(23)33;3-2(4,5)1(6)7/h4-11,14-17H,12-13,18H2,1-3H3,(H,34,35,37)(H,36,38,41);(H,6,7). The number of aromatic nitrogens is 4. The number of hydrogen-bond acceptors (Lipinski definition) is 9. The molecule has 1 amide bonds. The van der Waals surface area contributed by atoms with Crippen LogP contribution in [0.2, 0.25) is 0 Å². The number of imidazole rings is 1. The van der Waals surface area contributed by atoms with Crippen molar-refractivity contribution in [3.05, 3.63) is 95.7 Å². The number of hydrogen-bond donors (Lipinski definition) is 3. The van der Waals surface area contributed by atoms with E-state index in [2.05, 4.69) is 25.6 Å². The Bertz CT molecular complexity index is 2240. The van der Waals surface area contributed by atoms with Crippen LogP contribution >= 0.6 is 0 Å². The van der Waals surface area contributed by atoms with Gasteiger partial charge in [0.25, 0.3) is 0 Å². The molecule has 0 saturated heterocycles. The molecule has 0 aliphatic heterocycles. The highest BCUT2D eigenvalue weighted by atomic mass is 32.2. The van der Waals surface area contributed by atoms with Crippen molar-refractivity contribution in [1.29, 1.82) is 0 Å². The molecule has 2 heterocycles. The molecular weight excluding hydrogens is 701 g/mol. The van der Waals surface area contributed by atoms with E-state index in [-0.39, 0.29) is 11.3 Å². The van der Waals surface area contributed by atoms with Gasteiger partial charge in [-0.2, -0.15) is 18.2 Å². The number of nitrogens with one attached hydrogen (secondary N) is 2. The van der Waals surface area contributed by atoms with Gasteiger partial charge in [-0.3, -0.25) is 10.1 Å². The van der Waals surface area contributed by atoms with Gasteiger partial charge in [-0.05, 0) is 73.0 Å². The van der Waals surface area contributed by atoms with Crippen LogP contribution in [0.5, 0.6) is 0 Å². The fourth-order valence-electron chi connectivity index (χ4n) is 5.24. The molecule has 3 aromatic carbocycles. The minimum atomic E-state index is -5.08. The summed E-state index contributed by atoms with van der Waals surface area (Å²) in [5.41, 5.74) is 2.39. The summed E-state index contributed by atoms with van der Waals surface area (Å²) in [5, 5.41) is 13.1. The molecule has 12 nitrogen and oxygen atoms in total. The van der Waals surface area contributed by atoms with Gasteiger partial charge in [-0.25, -0.2) is 32.0 Å². The van der Waals surface area contributed by atoms with Gasteiger partial charge in [-0.1, -0.05) is 12.1 Å². The molecule has 1 aliphatic rings. The molecule has 0 atom stereocenters. The SMILES string of the molecule is CN(c1ccc2c(c1)nc(NC(=O)C1(c3cc(F)ccc3F)CC1)n2C)c1ccnc(Nc2cccc(CS(C)(=O)=O)c2)n1.O=C(O)C(F)(F)F. The summed E-state index contributed by atoms with van der Waals surface area (Å²) < 4.78 is 85.2. The van der Waals surface area contributed by atoms with E-state index in [1.807, 2.05) is 30.1 Å². The van der Waals surface area contributed by atoms with Gasteiger partial charge in [0.2, 0.25) is 17.8 Å². The van der Waals surface area contributed by atoms with Crippen LogP contribution in [0.3, 0.4) is 0 Å². The van der Waals surface area contributed by atoms with Crippen molar-refractivity contribution in [3.8, 4) is 0 Å². The minimum Gasteiger partial charge on any atom is -0.475 e. The van der Waals surface area contributed by atoms with Crippen LogP contribution in [-0.4, -0.2) is 64.4 Å². The number of aryl methyl sites for hydroxylation is 1. The first-order valence-corrected chi connectivity index (χ1v) is 17.1. The van der Waals surface area contributed by atoms with Gasteiger partial charge in [-0.15, -0.1) is 0 Å². The van der Waals surface area contributed by atoms with E-state index in [0.717, 1.165) is 29.4 Å². The van der Waals surface area contributed by atoms with Crippen LogP contribution in [0.4, 0.5) is 51.0 Å². The largest absolute Gasteiger partial charge is 0.490 e. The minimum absolute atomic E-state index is 0.0537. The Morgan fingerprint density at radius 3 is 2.37 bits per heavy atom. The van der Waals surface area contributed by atoms with E-state index < -0.39 is 44.9 Å². The number of fused-ring (bicyclic) bond motifs is 1. The number of sulfone groups is 1. The normalized spacial score (nSPS) is 13.6. The van der Waals surface area contributed by atoms with Crippen molar-refractivity contribution in [1.82, 2.24) is 19.5 Å². The molecular formula is C33H30F5N7O5S. The molecule has 5 aromatic rings. The van der Waals surface area contributed by atoms with E-state index in [1.54, 1.807) is 48.1 Å². The first kappa shape index (κ1) is 36.6. The van der Waals surface area contributed by atoms with Gasteiger partial charge >= 0.3 is 12.1 Å². The second-order valence-corrected chi connectivity index (χ2v) is 14.0. The second-order valence-electron chi connectivity index (χ2n) is 11.8. The molecule has 2 aromatic heterocycles. The Morgan fingerprint density at radius 2 is 1.73 bits per heavy atom. The zero-order valence-corrected chi connectivity index (χ0v) is 28.0. The molecule has 18 heteroatoms. The number of aliphatic carboxylic acids is 1. The molecule has 1 fully saturated rings. The van der Waals surface area contributed by atoms with E-state index in [1.165, 1.54) is 6.26 Å². The molecule has 0 radical (unpaired) electrons. The van der Waals surface area contributed by atoms with E-state index in [4.69, 9.17) is 9.90 Å². The summed E-state index contributed by atoms with van der Waals surface area (Å²) in [6.07, 6.45) is -1.45. The molecule has 0 bridgehead atoms. The second kappa shape index (κ2) is 13.9. The molecule has 1 saturated carbocycles. The van der Waals surface area contributed by atoms with Gasteiger partial charge in [0.15, 0.2) is 9.84 Å². The first-order valence-electron chi connectivity index (χ1n) is 15.0. The number of rotatable bonds is 9. The third-order valence-corrected chi connectivity index (χ3v) is 8.80. The van der Waals surface area contributed by atoms with Crippen LogP contribution in [0.25, 0.3) is 11.0 Å². The van der Waals surface area contributed by atoms with Crippen molar-refractivity contribution in [2.75, 3.05) is 28.8 Å². The molecule has 51 heavy (non-hydrogen) atoms. The van der Waals surface area contributed by atoms with Crippen LogP contribution in [-0.2, 0) is 37.6 Å². The predicted molar refractivity (Wildman–Crippen MR) is 179 cm³/mol. The van der Waals surface area contributed by atoms with Gasteiger partial charge < -0.3 is 19.9 Å². The molecule has 0 spiro atoms. The third-order valence-electron chi connectivity index (χ3n) is 7.94. The van der Waals surface area contributed by atoms with Gasteiger partial charge in [0.1, 0.15) is 17.5 Å². The smallest absolute Gasteiger partial charge is 0.475 e. The fraction of sp³-hybridized carbons (Fsp3) is 0.242. The Morgan fingerprint density at radius 1 is 1.02 bits per heavy atom. The Kier molecular flexibility index (Phi) is 10.0. The zero-order chi connectivity index (χ0) is 37.3. The number of carboxylic acid groups (broad SMARTS) is 1. The van der Waals surface area contributed by atoms with Crippen molar-refractivity contribution < 1.29 is 45.1 Å². The summed E-state index contributed by atoms with van der Waals surface area (Å²) in [6.45, 7) is 0. The zero-order valence-electron chi connectivity index (χ0n) is 27.2. The average molecular weight is 732 g/mol. The summed E-state index contributed by atoms with van der Waals surface area (Å²) >= 11 is 0. The monoisotopic (exact) mass is 731 g/mol. The number of carbonyl (C=O) groups excluding carboxylic acids is 1. The lowest BCUT2D eigenvalue weighted by Gasteiger charge is -2.19. The number of benzene rings is 3. The Balaban J connectivity index is 0.000000654. The summed E-state index contributed by atoms with van der Waals surface area (Å²) in [7, 11) is 0.435. The molecule has 6 rings (SSSR count). The summed E-state index contributed by atoms with van der Waals surface area (Å²) in [4.78, 5) is 37.6. The van der Waals surface area contributed by atoms with Crippen molar-refractivity contribution in [2.24, 2.45) is 7.05 Å². The number of alkyl halides is 3. The molecule has 1 aliphatic carbocycles. The number of nitrogens with zero attached hydrogens (tertiary/aromatic N) is 5. The molecule has 268 valence electrons. The highest BCUT2D eigenvalue weighted by Gasteiger charge is 2.53. The lowest BCUT2D eigenvalue weighted by molar-refractivity contribution is -0.192.